The number of nitrogens with zero attached hydrogens (tertiary/aromatic N) is 1. The minimum absolute atomic E-state index is 0.0660. The van der Waals surface area contributed by atoms with Crippen LogP contribution in [0.2, 0.25) is 0 Å². The van der Waals surface area contributed by atoms with Crippen molar-refractivity contribution in [1.29, 1.82) is 0 Å². The van der Waals surface area contributed by atoms with E-state index < -0.39 is 10.0 Å². The van der Waals surface area contributed by atoms with Crippen LogP contribution < -0.4 is 4.72 Å². The van der Waals surface area contributed by atoms with Crippen molar-refractivity contribution in [3.05, 3.63) is 42.7 Å². The van der Waals surface area contributed by atoms with Crippen LogP contribution in [0.1, 0.15) is 0 Å². The zero-order valence-electron chi connectivity index (χ0n) is 9.33. The predicted octanol–water partition coefficient (Wildman–Crippen LogP) is 2.55. The molecule has 4 nitrogen and oxygen atoms in total. The summed E-state index contributed by atoms with van der Waals surface area (Å²) >= 11 is 1.33. The average molecular weight is 278 g/mol. The van der Waals surface area contributed by atoms with E-state index in [1.807, 2.05) is 24.3 Å². The first-order chi connectivity index (χ1) is 8.64. The van der Waals surface area contributed by atoms with E-state index in [9.17, 15) is 8.42 Å². The molecule has 92 valence electrons. The normalized spacial score (nSPS) is 16.7. The van der Waals surface area contributed by atoms with Gasteiger partial charge in [0.15, 0.2) is 0 Å². The highest BCUT2D eigenvalue weighted by atomic mass is 32.3. The zero-order chi connectivity index (χ0) is 12.6. The predicted molar refractivity (Wildman–Crippen MR) is 72.9 cm³/mol. The summed E-state index contributed by atoms with van der Waals surface area (Å²) in [7, 11) is -3.17. The van der Waals surface area contributed by atoms with Gasteiger partial charge in [0.25, 0.3) is 0 Å². The Morgan fingerprint density at radius 2 is 2.11 bits per heavy atom. The summed E-state index contributed by atoms with van der Waals surface area (Å²) in [6.07, 6.45) is 3.52. The number of thioether (sulfide) groups is 1. The summed E-state index contributed by atoms with van der Waals surface area (Å²) in [6, 6.07) is 9.53. The Hall–Kier alpha value is -1.53. The molecule has 0 aliphatic carbocycles. The van der Waals surface area contributed by atoms with Gasteiger partial charge in [-0.3, -0.25) is 9.71 Å². The van der Waals surface area contributed by atoms with Gasteiger partial charge in [-0.15, -0.1) is 11.8 Å². The van der Waals surface area contributed by atoms with Crippen molar-refractivity contribution in [2.75, 3.05) is 9.81 Å². The molecule has 2 heterocycles. The number of rotatable bonds is 1. The smallest absolute Gasteiger partial charge is 0.242 e. The number of hydrogen-bond donors (Lipinski definition) is 1. The number of fused-ring (bicyclic) bond motifs is 1. The van der Waals surface area contributed by atoms with Gasteiger partial charge >= 0.3 is 0 Å². The van der Waals surface area contributed by atoms with Gasteiger partial charge in [-0.2, -0.15) is 0 Å². The van der Waals surface area contributed by atoms with Crippen molar-refractivity contribution in [3.8, 4) is 11.1 Å². The molecule has 0 saturated carbocycles. The van der Waals surface area contributed by atoms with Gasteiger partial charge in [0, 0.05) is 22.9 Å². The quantitative estimate of drug-likeness (QED) is 0.871. The Balaban J connectivity index is 2.03. The van der Waals surface area contributed by atoms with E-state index in [4.69, 9.17) is 0 Å². The molecule has 1 aliphatic rings. The van der Waals surface area contributed by atoms with Crippen LogP contribution in [0.15, 0.2) is 47.6 Å². The fraction of sp³-hybridized carbons (Fsp3) is 0.0833. The summed E-state index contributed by atoms with van der Waals surface area (Å²) in [5.41, 5.74) is 2.71. The molecule has 0 unspecified atom stereocenters. The highest BCUT2D eigenvalue weighted by Gasteiger charge is 2.20. The van der Waals surface area contributed by atoms with Crippen LogP contribution in [0.25, 0.3) is 11.1 Å². The van der Waals surface area contributed by atoms with Crippen molar-refractivity contribution in [1.82, 2.24) is 4.98 Å². The molecule has 0 saturated heterocycles. The molecular formula is C12H10N2O2S2. The Labute approximate surface area is 110 Å². The van der Waals surface area contributed by atoms with Gasteiger partial charge in [-0.25, -0.2) is 8.42 Å². The molecule has 0 bridgehead atoms. The summed E-state index contributed by atoms with van der Waals surface area (Å²) in [6.45, 7) is 0. The average Bonchev–Trinajstić information content (AvgIpc) is 2.38. The molecule has 18 heavy (non-hydrogen) atoms. The van der Waals surface area contributed by atoms with Crippen LogP contribution in [0, 0.1) is 0 Å². The van der Waals surface area contributed by atoms with Crippen molar-refractivity contribution < 1.29 is 8.42 Å². The highest BCUT2D eigenvalue weighted by Crippen LogP contribution is 2.36. The number of aromatic nitrogens is 1. The van der Waals surface area contributed by atoms with Gasteiger partial charge in [0.2, 0.25) is 10.0 Å². The highest BCUT2D eigenvalue weighted by molar-refractivity contribution is 8.13. The Morgan fingerprint density at radius 1 is 1.22 bits per heavy atom. The van der Waals surface area contributed by atoms with E-state index in [2.05, 4.69) is 9.71 Å². The minimum Gasteiger partial charge on any atom is -0.282 e. The topological polar surface area (TPSA) is 59.1 Å². The van der Waals surface area contributed by atoms with E-state index in [0.717, 1.165) is 16.0 Å². The van der Waals surface area contributed by atoms with Crippen LogP contribution >= 0.6 is 11.8 Å². The van der Waals surface area contributed by atoms with E-state index >= 15 is 0 Å². The van der Waals surface area contributed by atoms with Crippen molar-refractivity contribution in [3.63, 3.8) is 0 Å². The SMILES string of the molecule is O=S1(=O)CSc2cc(-c3cccnc3)ccc2N1. The molecule has 1 aromatic carbocycles. The number of pyridine rings is 1. The first-order valence-electron chi connectivity index (χ1n) is 5.32. The number of anilines is 1. The largest absolute Gasteiger partial charge is 0.282 e. The maximum Gasteiger partial charge on any atom is 0.242 e. The fourth-order valence-electron chi connectivity index (χ4n) is 1.78. The van der Waals surface area contributed by atoms with Gasteiger partial charge in [-0.1, -0.05) is 12.1 Å². The van der Waals surface area contributed by atoms with Crippen molar-refractivity contribution in [2.24, 2.45) is 0 Å². The third-order valence-corrected chi connectivity index (χ3v) is 5.50. The molecule has 0 spiro atoms. The van der Waals surface area contributed by atoms with Gasteiger partial charge in [-0.05, 0) is 23.8 Å². The lowest BCUT2D eigenvalue weighted by Gasteiger charge is -2.18. The standard InChI is InChI=1S/C12H10N2O2S2/c15-18(16)8-17-12-6-9(3-4-11(12)14-18)10-2-1-5-13-7-10/h1-7,14H,8H2. The monoisotopic (exact) mass is 278 g/mol. The Bertz CT molecular complexity index is 684. The van der Waals surface area contributed by atoms with Crippen LogP contribution in [-0.2, 0) is 10.0 Å². The van der Waals surface area contributed by atoms with E-state index in [0.29, 0.717) is 5.69 Å². The van der Waals surface area contributed by atoms with Gasteiger partial charge in [0.05, 0.1) is 5.69 Å². The first kappa shape index (κ1) is 11.6. The number of nitrogens with one attached hydrogen (secondary N) is 1. The minimum atomic E-state index is -3.17. The van der Waals surface area contributed by atoms with Crippen molar-refractivity contribution in [2.45, 2.75) is 4.90 Å². The first-order valence-corrected chi connectivity index (χ1v) is 7.96. The lowest BCUT2D eigenvalue weighted by molar-refractivity contribution is 0.605. The molecule has 1 N–H and O–H groups in total. The molecule has 1 aromatic heterocycles. The molecule has 1 aliphatic heterocycles. The van der Waals surface area contributed by atoms with Crippen LogP contribution in [0.4, 0.5) is 5.69 Å². The van der Waals surface area contributed by atoms with Crippen LogP contribution in [0.5, 0.6) is 0 Å². The maximum absolute atomic E-state index is 11.4. The van der Waals surface area contributed by atoms with E-state index in [-0.39, 0.29) is 5.08 Å². The second kappa shape index (κ2) is 4.29. The lowest BCUT2D eigenvalue weighted by Crippen LogP contribution is -2.18. The second-order valence-electron chi connectivity index (χ2n) is 3.93. The van der Waals surface area contributed by atoms with Gasteiger partial charge < -0.3 is 0 Å². The van der Waals surface area contributed by atoms with Crippen molar-refractivity contribution >= 4 is 27.5 Å². The molecule has 6 heteroatoms. The molecule has 2 aromatic rings. The van der Waals surface area contributed by atoms with Crippen LogP contribution in [0.3, 0.4) is 0 Å². The third kappa shape index (κ3) is 2.21. The number of benzene rings is 1. The van der Waals surface area contributed by atoms with E-state index in [1.165, 1.54) is 11.8 Å². The Kier molecular flexibility index (Phi) is 2.76. The van der Waals surface area contributed by atoms with Crippen LogP contribution in [-0.4, -0.2) is 18.5 Å². The number of sulfonamides is 1. The molecule has 0 amide bonds. The fourth-order valence-corrected chi connectivity index (χ4v) is 4.20. The zero-order valence-corrected chi connectivity index (χ0v) is 11.0. The number of hydrogen-bond acceptors (Lipinski definition) is 4. The molecular weight excluding hydrogens is 268 g/mol. The second-order valence-corrected chi connectivity index (χ2v) is 7.04. The summed E-state index contributed by atoms with van der Waals surface area (Å²) in [5, 5.41) is 0.0660. The third-order valence-electron chi connectivity index (χ3n) is 2.61. The Morgan fingerprint density at radius 3 is 2.89 bits per heavy atom. The van der Waals surface area contributed by atoms with E-state index in [1.54, 1.807) is 18.5 Å². The molecule has 0 fully saturated rings. The molecule has 0 atom stereocenters. The summed E-state index contributed by atoms with van der Waals surface area (Å²) < 4.78 is 25.4. The van der Waals surface area contributed by atoms with Gasteiger partial charge in [0.1, 0.15) is 5.08 Å². The lowest BCUT2D eigenvalue weighted by atomic mass is 10.1. The summed E-state index contributed by atoms with van der Waals surface area (Å²) in [4.78, 5) is 5.03. The molecule has 0 radical (unpaired) electrons. The summed E-state index contributed by atoms with van der Waals surface area (Å²) in [5.74, 6) is 0. The molecule has 3 rings (SSSR count). The maximum atomic E-state index is 11.4.